The average molecular weight is 784 g/mol. The quantitative estimate of drug-likeness (QED) is 0.140. The summed E-state index contributed by atoms with van der Waals surface area (Å²) in [6, 6.07) is 21.0. The van der Waals surface area contributed by atoms with E-state index in [4.69, 9.17) is 21.1 Å². The second kappa shape index (κ2) is 15.8. The molecule has 0 radical (unpaired) electrons. The van der Waals surface area contributed by atoms with Crippen molar-refractivity contribution in [2.75, 3.05) is 23.4 Å². The minimum atomic E-state index is -3.09. The van der Waals surface area contributed by atoms with Gasteiger partial charge in [-0.25, -0.2) is 0 Å². The summed E-state index contributed by atoms with van der Waals surface area (Å²) >= 11 is 6.53. The zero-order valence-corrected chi connectivity index (χ0v) is 31.8. The molecule has 0 aliphatic carbocycles. The smallest absolute Gasteiger partial charge is 0.264 e. The minimum Gasteiger partial charge on any atom is -0.432 e. The van der Waals surface area contributed by atoms with E-state index in [9.17, 15) is 44.7 Å². The third-order valence-corrected chi connectivity index (χ3v) is 13.4. The van der Waals surface area contributed by atoms with Gasteiger partial charge in [0, 0.05) is 40.8 Å². The molecule has 3 aliphatic rings. The first kappa shape index (κ1) is 39.9. The number of amides is 3. The van der Waals surface area contributed by atoms with Crippen LogP contribution in [0.3, 0.4) is 0 Å². The third-order valence-electron chi connectivity index (χ3n) is 10.7. The van der Waals surface area contributed by atoms with Gasteiger partial charge in [-0.1, -0.05) is 61.0 Å². The summed E-state index contributed by atoms with van der Waals surface area (Å²) in [7, 11) is -3.09. The summed E-state index contributed by atoms with van der Waals surface area (Å²) in [6.45, 7) is 5.65. The van der Waals surface area contributed by atoms with Crippen LogP contribution < -0.4 is 10.2 Å². The lowest BCUT2D eigenvalue weighted by molar-refractivity contribution is -0.274. The van der Waals surface area contributed by atoms with Crippen molar-refractivity contribution in [3.63, 3.8) is 0 Å². The Kier molecular flexibility index (Phi) is 11.7. The van der Waals surface area contributed by atoms with Crippen LogP contribution in [0.1, 0.15) is 30.0 Å². The van der Waals surface area contributed by atoms with Gasteiger partial charge in [0.25, 0.3) is 11.8 Å². The number of benzene rings is 3. The van der Waals surface area contributed by atoms with E-state index in [0.717, 1.165) is 5.56 Å². The molecule has 2 fully saturated rings. The van der Waals surface area contributed by atoms with Crippen LogP contribution in [-0.2, 0) is 42.5 Å². The van der Waals surface area contributed by atoms with Crippen LogP contribution >= 0.6 is 11.6 Å². The highest BCUT2D eigenvalue weighted by Gasteiger charge is 2.66. The van der Waals surface area contributed by atoms with E-state index in [0.29, 0.717) is 27.5 Å². The van der Waals surface area contributed by atoms with Gasteiger partial charge in [0.2, 0.25) is 5.91 Å². The molecule has 1 spiro atoms. The predicted molar refractivity (Wildman–Crippen MR) is 199 cm³/mol. The molecular weight excluding hydrogens is 738 g/mol. The molecule has 7 N–H and O–H groups in total. The van der Waals surface area contributed by atoms with Crippen molar-refractivity contribution in [1.29, 1.82) is 0 Å². The topological polar surface area (TPSA) is 210 Å². The number of aliphatic hydroxyl groups excluding tert-OH is 5. The summed E-state index contributed by atoms with van der Waals surface area (Å²) in [5.41, 5.74) is 0.881. The first-order chi connectivity index (χ1) is 25.6. The van der Waals surface area contributed by atoms with Crippen LogP contribution in [0.25, 0.3) is 0 Å². The number of fused-ring (bicyclic) bond motifs is 2. The van der Waals surface area contributed by atoms with E-state index in [1.165, 1.54) is 0 Å². The number of carbonyl (C=O) groups is 3. The van der Waals surface area contributed by atoms with Crippen LogP contribution in [0.15, 0.2) is 72.8 Å². The van der Waals surface area contributed by atoms with Crippen molar-refractivity contribution in [2.45, 2.75) is 87.5 Å². The molecule has 14 nitrogen and oxygen atoms in total. The Morgan fingerprint density at radius 1 is 0.963 bits per heavy atom. The Hall–Kier alpha value is -3.74. The Morgan fingerprint density at radius 3 is 2.30 bits per heavy atom. The van der Waals surface area contributed by atoms with Gasteiger partial charge in [-0.05, 0) is 54.6 Å². The molecule has 3 aromatic rings. The van der Waals surface area contributed by atoms with Crippen molar-refractivity contribution in [2.24, 2.45) is 5.92 Å². The molecule has 0 aromatic heterocycles. The summed E-state index contributed by atoms with van der Waals surface area (Å²) in [4.78, 5) is 56.3. The van der Waals surface area contributed by atoms with Crippen LogP contribution in [0, 0.1) is 5.92 Å². The highest BCUT2D eigenvalue weighted by molar-refractivity contribution is 6.71. The molecule has 0 saturated carbocycles. The molecule has 0 bridgehead atoms. The second-order valence-corrected chi connectivity index (χ2v) is 19.2. The fraction of sp³-hybridized carbons (Fsp3) is 0.447. The lowest BCUT2D eigenvalue weighted by Gasteiger charge is -2.37. The number of anilines is 2. The van der Waals surface area contributed by atoms with Crippen LogP contribution in [0.5, 0.6) is 0 Å². The highest BCUT2D eigenvalue weighted by Crippen LogP contribution is 2.60. The Labute approximate surface area is 318 Å². The number of nitrogens with one attached hydrogen (secondary N) is 1. The molecule has 3 heterocycles. The SMILES string of the molecule is C[C@@H]1[C@@H]([Si](C)(C)O)[C@H](CC(=O)N(CCO)Cc2ccccc2)O[C@@]12C(=O)N(Cc1ccc(NC(=O)[C@H]3O[C@@H](O)[C@H](O)[C@@H](O)[C@@H]3O)cc1)c1ccc(Cl)cc12. The van der Waals surface area contributed by atoms with Gasteiger partial charge < -0.3 is 54.9 Å². The number of hydrogen-bond donors (Lipinski definition) is 7. The van der Waals surface area contributed by atoms with Gasteiger partial charge in [0.1, 0.15) is 18.3 Å². The lowest BCUT2D eigenvalue weighted by atomic mass is 9.82. The Bertz CT molecular complexity index is 1850. The molecule has 0 unspecified atom stereocenters. The van der Waals surface area contributed by atoms with E-state index < -0.39 is 68.1 Å². The normalized spacial score (nSPS) is 29.4. The number of nitrogens with zero attached hydrogens (tertiary/aromatic N) is 2. The first-order valence-electron chi connectivity index (χ1n) is 17.8. The molecule has 9 atom stereocenters. The van der Waals surface area contributed by atoms with Crippen molar-refractivity contribution in [1.82, 2.24) is 4.90 Å². The van der Waals surface area contributed by atoms with Crippen molar-refractivity contribution < 1.29 is 54.2 Å². The van der Waals surface area contributed by atoms with Gasteiger partial charge in [-0.3, -0.25) is 14.4 Å². The maximum atomic E-state index is 14.8. The third kappa shape index (κ3) is 7.58. The molecule has 3 aromatic carbocycles. The number of rotatable bonds is 11. The van der Waals surface area contributed by atoms with Crippen molar-refractivity contribution in [3.8, 4) is 0 Å². The van der Waals surface area contributed by atoms with E-state index >= 15 is 0 Å². The van der Waals surface area contributed by atoms with Crippen LogP contribution in [0.2, 0.25) is 23.7 Å². The van der Waals surface area contributed by atoms with Gasteiger partial charge in [-0.2, -0.15) is 0 Å². The summed E-state index contributed by atoms with van der Waals surface area (Å²) in [6.07, 6.45) is -9.80. The summed E-state index contributed by atoms with van der Waals surface area (Å²) in [5, 5.41) is 52.5. The van der Waals surface area contributed by atoms with Crippen molar-refractivity contribution >= 4 is 49.0 Å². The molecule has 3 amide bonds. The number of hydrogen-bond acceptors (Lipinski definition) is 11. The number of aliphatic hydroxyl groups is 5. The van der Waals surface area contributed by atoms with E-state index in [2.05, 4.69) is 5.32 Å². The van der Waals surface area contributed by atoms with Gasteiger partial charge in [0.15, 0.2) is 26.3 Å². The largest absolute Gasteiger partial charge is 0.432 e. The molecule has 3 aliphatic heterocycles. The van der Waals surface area contributed by atoms with Gasteiger partial charge >= 0.3 is 0 Å². The molecule has 290 valence electrons. The minimum absolute atomic E-state index is 0.0931. The van der Waals surface area contributed by atoms with Gasteiger partial charge in [-0.15, -0.1) is 0 Å². The molecule has 16 heteroatoms. The first-order valence-corrected chi connectivity index (χ1v) is 21.2. The maximum absolute atomic E-state index is 14.8. The Morgan fingerprint density at radius 2 is 1.65 bits per heavy atom. The monoisotopic (exact) mass is 783 g/mol. The van der Waals surface area contributed by atoms with Gasteiger partial charge in [0.05, 0.1) is 31.4 Å². The number of halogens is 1. The number of ether oxygens (including phenoxy) is 2. The molecular formula is C38H46ClN3O11Si. The lowest BCUT2D eigenvalue weighted by Crippen LogP contribution is -2.60. The summed E-state index contributed by atoms with van der Waals surface area (Å²) in [5.74, 6) is -2.06. The molecule has 54 heavy (non-hydrogen) atoms. The van der Waals surface area contributed by atoms with Crippen molar-refractivity contribution in [3.05, 3.63) is 94.5 Å². The zero-order valence-electron chi connectivity index (χ0n) is 30.1. The van der Waals surface area contributed by atoms with E-state index in [-0.39, 0.29) is 44.5 Å². The standard InChI is InChI=1S/C38H46ClN3O11Si/c1-21-34(54(2,3)51)28(18-29(44)41(15-16-43)19-22-7-5-4-6-8-22)53-38(21)26-17-24(39)11-14-27(26)42(37(38)50)20-23-9-12-25(13-10-23)40-35(48)33-31(46)30(45)32(47)36(49)52-33/h4-14,17,21,28,30-34,36,43,45-47,49,51H,15-16,18-20H2,1-3H3,(H,40,48)/t21-,28+,30+,31+,32-,33+,34-,36-,38+/m1/s1. The molecule has 2 saturated heterocycles. The fourth-order valence-corrected chi connectivity index (χ4v) is 10.8. The Balaban J connectivity index is 1.24. The maximum Gasteiger partial charge on any atom is 0.264 e. The average Bonchev–Trinajstić information content (AvgIpc) is 3.55. The van der Waals surface area contributed by atoms with E-state index in [1.807, 2.05) is 37.3 Å². The van der Waals surface area contributed by atoms with E-state index in [1.54, 1.807) is 65.4 Å². The molecule has 6 rings (SSSR count). The van der Waals surface area contributed by atoms with Crippen LogP contribution in [0.4, 0.5) is 11.4 Å². The predicted octanol–water partition coefficient (Wildman–Crippen LogP) is 1.83. The number of carbonyl (C=O) groups excluding carboxylic acids is 3. The highest BCUT2D eigenvalue weighted by atomic mass is 35.5. The summed E-state index contributed by atoms with van der Waals surface area (Å²) < 4.78 is 11.8. The zero-order chi connectivity index (χ0) is 39.1. The fourth-order valence-electron chi connectivity index (χ4n) is 8.09. The second-order valence-electron chi connectivity index (χ2n) is 14.7. The van der Waals surface area contributed by atoms with Crippen LogP contribution in [-0.4, -0.2) is 111 Å².